The summed E-state index contributed by atoms with van der Waals surface area (Å²) in [7, 11) is 3.26. The van der Waals surface area contributed by atoms with Crippen molar-refractivity contribution in [3.63, 3.8) is 0 Å². The van der Waals surface area contributed by atoms with Crippen LogP contribution in [0.3, 0.4) is 0 Å². The molecule has 2 aromatic carbocycles. The number of aryl methyl sites for hydroxylation is 1. The highest BCUT2D eigenvalue weighted by atomic mass is 16.5. The van der Waals surface area contributed by atoms with E-state index in [2.05, 4.69) is 30.9 Å². The second-order valence-electron chi connectivity index (χ2n) is 4.22. The van der Waals surface area contributed by atoms with E-state index < -0.39 is 0 Å². The van der Waals surface area contributed by atoms with E-state index >= 15 is 0 Å². The molecular weight excluding hydrogens is 236 g/mol. The molecule has 2 heteroatoms. The number of hydrogen-bond donors (Lipinski definition) is 0. The van der Waals surface area contributed by atoms with Crippen molar-refractivity contribution in [2.24, 2.45) is 0 Å². The third-order valence-electron chi connectivity index (χ3n) is 2.75. The van der Waals surface area contributed by atoms with Gasteiger partial charge in [-0.3, -0.25) is 0 Å². The molecule has 0 bridgehead atoms. The third kappa shape index (κ3) is 3.53. The Labute approximate surface area is 114 Å². The third-order valence-corrected chi connectivity index (χ3v) is 2.75. The molecule has 2 nitrogen and oxygen atoms in total. The maximum atomic E-state index is 5.22. The summed E-state index contributed by atoms with van der Waals surface area (Å²) in [5.74, 6) is 7.74. The summed E-state index contributed by atoms with van der Waals surface area (Å²) in [5, 5.41) is 0. The number of methoxy groups -OCH3 is 2. The van der Waals surface area contributed by atoms with Crippen molar-refractivity contribution in [2.75, 3.05) is 14.2 Å². The van der Waals surface area contributed by atoms with Crippen molar-refractivity contribution in [1.29, 1.82) is 0 Å². The fourth-order valence-corrected chi connectivity index (χ4v) is 1.66. The first-order valence-electron chi connectivity index (χ1n) is 6.03. The van der Waals surface area contributed by atoms with Crippen molar-refractivity contribution < 1.29 is 9.47 Å². The van der Waals surface area contributed by atoms with Crippen LogP contribution >= 0.6 is 0 Å². The molecule has 0 aliphatic heterocycles. The highest BCUT2D eigenvalue weighted by Crippen LogP contribution is 2.21. The molecule has 2 aromatic rings. The molecule has 2 rings (SSSR count). The number of ether oxygens (including phenoxy) is 2. The number of rotatable bonds is 2. The normalized spacial score (nSPS) is 9.42. The molecular formula is C17H16O2. The first kappa shape index (κ1) is 13.0. The van der Waals surface area contributed by atoms with E-state index in [0.29, 0.717) is 0 Å². The standard InChI is InChI=1S/C17H16O2/c1-13-4-6-14(7-5-13)8-9-15-10-16(18-2)12-17(11-15)19-3/h4-7,10-12H,1-3H3. The minimum absolute atomic E-state index is 0.743. The van der Waals surface area contributed by atoms with Crippen LogP contribution in [0, 0.1) is 18.8 Å². The SMILES string of the molecule is COc1cc(C#Cc2ccc(C)cc2)cc(OC)c1. The van der Waals surface area contributed by atoms with Gasteiger partial charge in [-0.15, -0.1) is 0 Å². The molecule has 0 spiro atoms. The van der Waals surface area contributed by atoms with Crippen LogP contribution in [-0.4, -0.2) is 14.2 Å². The minimum atomic E-state index is 0.743. The predicted molar refractivity (Wildman–Crippen MR) is 76.7 cm³/mol. The molecule has 0 N–H and O–H groups in total. The lowest BCUT2D eigenvalue weighted by atomic mass is 10.1. The van der Waals surface area contributed by atoms with E-state index in [1.165, 1.54) is 5.56 Å². The van der Waals surface area contributed by atoms with Gasteiger partial charge in [-0.25, -0.2) is 0 Å². The van der Waals surface area contributed by atoms with Crippen molar-refractivity contribution in [3.8, 4) is 23.3 Å². The average Bonchev–Trinajstić information content (AvgIpc) is 2.46. The van der Waals surface area contributed by atoms with Crippen molar-refractivity contribution in [2.45, 2.75) is 6.92 Å². The Balaban J connectivity index is 2.30. The lowest BCUT2D eigenvalue weighted by Gasteiger charge is -2.04. The molecule has 0 aliphatic rings. The van der Waals surface area contributed by atoms with Gasteiger partial charge in [-0.1, -0.05) is 29.5 Å². The maximum absolute atomic E-state index is 5.22. The highest BCUT2D eigenvalue weighted by molar-refractivity contribution is 5.49. The molecule has 0 fully saturated rings. The van der Waals surface area contributed by atoms with Gasteiger partial charge in [-0.2, -0.15) is 0 Å². The van der Waals surface area contributed by atoms with E-state index in [4.69, 9.17) is 9.47 Å². The Morgan fingerprint density at radius 3 is 1.79 bits per heavy atom. The summed E-state index contributed by atoms with van der Waals surface area (Å²) in [6.45, 7) is 2.06. The summed E-state index contributed by atoms with van der Waals surface area (Å²) in [4.78, 5) is 0. The Hall–Kier alpha value is -2.40. The largest absolute Gasteiger partial charge is 0.497 e. The van der Waals surface area contributed by atoms with Crippen LogP contribution < -0.4 is 9.47 Å². The van der Waals surface area contributed by atoms with Crippen LogP contribution in [0.1, 0.15) is 16.7 Å². The zero-order valence-corrected chi connectivity index (χ0v) is 11.4. The lowest BCUT2D eigenvalue weighted by molar-refractivity contribution is 0.394. The zero-order chi connectivity index (χ0) is 13.7. The van der Waals surface area contributed by atoms with E-state index in [9.17, 15) is 0 Å². The molecule has 19 heavy (non-hydrogen) atoms. The van der Waals surface area contributed by atoms with Gasteiger partial charge in [0.05, 0.1) is 14.2 Å². The van der Waals surface area contributed by atoms with Gasteiger partial charge in [0.2, 0.25) is 0 Å². The molecule has 0 heterocycles. The monoisotopic (exact) mass is 252 g/mol. The number of hydrogen-bond acceptors (Lipinski definition) is 2. The number of benzene rings is 2. The summed E-state index contributed by atoms with van der Waals surface area (Å²) >= 11 is 0. The van der Waals surface area contributed by atoms with Crippen LogP contribution in [-0.2, 0) is 0 Å². The maximum Gasteiger partial charge on any atom is 0.123 e. The van der Waals surface area contributed by atoms with E-state index in [-0.39, 0.29) is 0 Å². The van der Waals surface area contributed by atoms with Gasteiger partial charge < -0.3 is 9.47 Å². The van der Waals surface area contributed by atoms with Crippen molar-refractivity contribution in [1.82, 2.24) is 0 Å². The van der Waals surface area contributed by atoms with Crippen molar-refractivity contribution >= 4 is 0 Å². The van der Waals surface area contributed by atoms with Gasteiger partial charge in [0.1, 0.15) is 11.5 Å². The van der Waals surface area contributed by atoms with E-state index in [0.717, 1.165) is 22.6 Å². The molecule has 0 atom stereocenters. The topological polar surface area (TPSA) is 18.5 Å². The second kappa shape index (κ2) is 5.97. The Bertz CT molecular complexity index is 594. The molecule has 0 unspecified atom stereocenters. The van der Waals surface area contributed by atoms with Gasteiger partial charge >= 0.3 is 0 Å². The minimum Gasteiger partial charge on any atom is -0.497 e. The molecule has 0 radical (unpaired) electrons. The Morgan fingerprint density at radius 2 is 1.26 bits per heavy atom. The van der Waals surface area contributed by atoms with Gasteiger partial charge in [-0.05, 0) is 31.2 Å². The van der Waals surface area contributed by atoms with Gasteiger partial charge in [0, 0.05) is 17.2 Å². The van der Waals surface area contributed by atoms with Crippen LogP contribution in [0.15, 0.2) is 42.5 Å². The highest BCUT2D eigenvalue weighted by Gasteiger charge is 1.99. The molecule has 0 aliphatic carbocycles. The van der Waals surface area contributed by atoms with E-state index in [1.54, 1.807) is 14.2 Å². The Kier molecular flexibility index (Phi) is 4.10. The summed E-state index contributed by atoms with van der Waals surface area (Å²) in [5.41, 5.74) is 3.10. The predicted octanol–water partition coefficient (Wildman–Crippen LogP) is 3.41. The first-order chi connectivity index (χ1) is 9.21. The lowest BCUT2D eigenvalue weighted by Crippen LogP contribution is -1.88. The fraction of sp³-hybridized carbons (Fsp3) is 0.176. The van der Waals surface area contributed by atoms with Gasteiger partial charge in [0.25, 0.3) is 0 Å². The van der Waals surface area contributed by atoms with Crippen LogP contribution in [0.25, 0.3) is 0 Å². The fourth-order valence-electron chi connectivity index (χ4n) is 1.66. The molecule has 0 saturated carbocycles. The quantitative estimate of drug-likeness (QED) is 0.762. The molecule has 96 valence electrons. The molecule has 0 saturated heterocycles. The summed E-state index contributed by atoms with van der Waals surface area (Å²) in [6, 6.07) is 13.7. The second-order valence-corrected chi connectivity index (χ2v) is 4.22. The average molecular weight is 252 g/mol. The smallest absolute Gasteiger partial charge is 0.123 e. The van der Waals surface area contributed by atoms with E-state index in [1.807, 2.05) is 30.3 Å². The summed E-state index contributed by atoms with van der Waals surface area (Å²) in [6.07, 6.45) is 0. The summed E-state index contributed by atoms with van der Waals surface area (Å²) < 4.78 is 10.4. The molecule has 0 amide bonds. The first-order valence-corrected chi connectivity index (χ1v) is 6.03. The molecule has 0 aromatic heterocycles. The van der Waals surface area contributed by atoms with Crippen LogP contribution in [0.4, 0.5) is 0 Å². The van der Waals surface area contributed by atoms with Gasteiger partial charge in [0.15, 0.2) is 0 Å². The van der Waals surface area contributed by atoms with Crippen molar-refractivity contribution in [3.05, 3.63) is 59.2 Å². The Morgan fingerprint density at radius 1 is 0.737 bits per heavy atom. The van der Waals surface area contributed by atoms with Crippen LogP contribution in [0.2, 0.25) is 0 Å². The van der Waals surface area contributed by atoms with Crippen LogP contribution in [0.5, 0.6) is 11.5 Å². The zero-order valence-electron chi connectivity index (χ0n) is 11.4.